The number of rotatable bonds is 3. The Hall–Kier alpha value is -2.80. The summed E-state index contributed by atoms with van der Waals surface area (Å²) in [5.74, 6) is 1.26. The standard InChI is InChI=1S/C20H18FN3O2S/c1-12-18-19(13-4-3-5-14(21)10-13)27-11-17(25)22-20(18)24(23-12)15-6-8-16(26-2)9-7-15/h3-10,19H,11H2,1-2H3,(H,22,25). The number of anilines is 1. The Labute approximate surface area is 160 Å². The lowest BCUT2D eigenvalue weighted by Gasteiger charge is -2.15. The van der Waals surface area contributed by atoms with Gasteiger partial charge in [0.05, 0.1) is 29.5 Å². The van der Waals surface area contributed by atoms with Gasteiger partial charge >= 0.3 is 0 Å². The molecule has 1 unspecified atom stereocenters. The SMILES string of the molecule is COc1ccc(-n2nc(C)c3c2NC(=O)CSC3c2cccc(F)c2)cc1. The number of halogens is 1. The van der Waals surface area contributed by atoms with Crippen LogP contribution in [-0.4, -0.2) is 28.6 Å². The highest BCUT2D eigenvalue weighted by Gasteiger charge is 2.30. The lowest BCUT2D eigenvalue weighted by atomic mass is 10.0. The number of hydrogen-bond donors (Lipinski definition) is 1. The molecule has 5 nitrogen and oxygen atoms in total. The third kappa shape index (κ3) is 3.30. The molecule has 2 aromatic carbocycles. The maximum atomic E-state index is 13.8. The third-order valence-electron chi connectivity index (χ3n) is 4.48. The highest BCUT2D eigenvalue weighted by atomic mass is 32.2. The molecular formula is C20H18FN3O2S. The van der Waals surface area contributed by atoms with Crippen LogP contribution in [0.1, 0.15) is 22.1 Å². The number of carbonyl (C=O) groups is 1. The smallest absolute Gasteiger partial charge is 0.235 e. The number of fused-ring (bicyclic) bond motifs is 1. The molecule has 3 aromatic rings. The normalized spacial score (nSPS) is 16.4. The van der Waals surface area contributed by atoms with E-state index in [4.69, 9.17) is 4.74 Å². The summed E-state index contributed by atoms with van der Waals surface area (Å²) in [5, 5.41) is 7.44. The van der Waals surface area contributed by atoms with Gasteiger partial charge in [-0.15, -0.1) is 11.8 Å². The van der Waals surface area contributed by atoms with Gasteiger partial charge < -0.3 is 10.1 Å². The van der Waals surface area contributed by atoms with Crippen LogP contribution in [0.25, 0.3) is 5.69 Å². The number of carbonyl (C=O) groups excluding carboxylic acids is 1. The Morgan fingerprint density at radius 3 is 2.74 bits per heavy atom. The number of ether oxygens (including phenoxy) is 1. The molecule has 27 heavy (non-hydrogen) atoms. The molecule has 4 rings (SSSR count). The van der Waals surface area contributed by atoms with Crippen LogP contribution in [0, 0.1) is 12.7 Å². The molecule has 1 aliphatic heterocycles. The van der Waals surface area contributed by atoms with Crippen molar-refractivity contribution in [1.29, 1.82) is 0 Å². The van der Waals surface area contributed by atoms with E-state index < -0.39 is 0 Å². The van der Waals surface area contributed by atoms with Crippen molar-refractivity contribution in [3.05, 3.63) is 71.2 Å². The maximum absolute atomic E-state index is 13.8. The van der Waals surface area contributed by atoms with Gasteiger partial charge in [-0.3, -0.25) is 4.79 Å². The fourth-order valence-corrected chi connectivity index (χ4v) is 4.40. The Balaban J connectivity index is 1.86. The van der Waals surface area contributed by atoms with Crippen molar-refractivity contribution in [2.45, 2.75) is 12.2 Å². The average molecular weight is 383 g/mol. The van der Waals surface area contributed by atoms with E-state index in [1.54, 1.807) is 17.9 Å². The van der Waals surface area contributed by atoms with Gasteiger partial charge in [-0.1, -0.05) is 12.1 Å². The van der Waals surface area contributed by atoms with E-state index in [9.17, 15) is 9.18 Å². The van der Waals surface area contributed by atoms with Crippen LogP contribution in [0.2, 0.25) is 0 Å². The molecule has 2 heterocycles. The van der Waals surface area contributed by atoms with Crippen molar-refractivity contribution in [2.75, 3.05) is 18.2 Å². The monoisotopic (exact) mass is 383 g/mol. The number of methoxy groups -OCH3 is 1. The van der Waals surface area contributed by atoms with Crippen LogP contribution in [0.4, 0.5) is 10.2 Å². The first kappa shape index (κ1) is 17.6. The van der Waals surface area contributed by atoms with Crippen molar-refractivity contribution in [2.24, 2.45) is 0 Å². The molecule has 0 saturated carbocycles. The predicted molar refractivity (Wildman–Crippen MR) is 104 cm³/mol. The number of thioether (sulfide) groups is 1. The minimum absolute atomic E-state index is 0.102. The minimum atomic E-state index is -0.293. The third-order valence-corrected chi connectivity index (χ3v) is 5.75. The molecule has 7 heteroatoms. The molecule has 1 atom stereocenters. The molecule has 0 aliphatic carbocycles. The molecule has 0 fully saturated rings. The van der Waals surface area contributed by atoms with Crippen molar-refractivity contribution in [1.82, 2.24) is 9.78 Å². The van der Waals surface area contributed by atoms with Crippen LogP contribution >= 0.6 is 11.8 Å². The van der Waals surface area contributed by atoms with E-state index in [1.165, 1.54) is 23.9 Å². The molecule has 0 saturated heterocycles. The first-order valence-corrected chi connectivity index (χ1v) is 9.52. The Kier molecular flexibility index (Phi) is 4.61. The largest absolute Gasteiger partial charge is 0.497 e. The lowest BCUT2D eigenvalue weighted by Crippen LogP contribution is -2.15. The van der Waals surface area contributed by atoms with Crippen molar-refractivity contribution in [3.8, 4) is 11.4 Å². The highest BCUT2D eigenvalue weighted by Crippen LogP contribution is 2.43. The molecule has 0 spiro atoms. The van der Waals surface area contributed by atoms with Gasteiger partial charge in [0.25, 0.3) is 0 Å². The highest BCUT2D eigenvalue weighted by molar-refractivity contribution is 8.00. The molecule has 1 aliphatic rings. The maximum Gasteiger partial charge on any atom is 0.235 e. The number of aromatic nitrogens is 2. The summed E-state index contributed by atoms with van der Waals surface area (Å²) < 4.78 is 20.7. The number of benzene rings is 2. The number of nitrogens with one attached hydrogen (secondary N) is 1. The zero-order valence-electron chi connectivity index (χ0n) is 14.9. The van der Waals surface area contributed by atoms with Crippen LogP contribution in [0.5, 0.6) is 5.75 Å². The van der Waals surface area contributed by atoms with E-state index in [0.29, 0.717) is 5.82 Å². The quantitative estimate of drug-likeness (QED) is 0.740. The van der Waals surface area contributed by atoms with E-state index in [1.807, 2.05) is 37.3 Å². The zero-order valence-corrected chi connectivity index (χ0v) is 15.7. The van der Waals surface area contributed by atoms with Crippen LogP contribution in [0.3, 0.4) is 0 Å². The molecule has 1 aromatic heterocycles. The summed E-state index contributed by atoms with van der Waals surface area (Å²) in [6.07, 6.45) is 0. The van der Waals surface area contributed by atoms with Gasteiger partial charge in [-0.05, 0) is 48.9 Å². The number of nitrogens with zero attached hydrogens (tertiary/aromatic N) is 2. The topological polar surface area (TPSA) is 56.1 Å². The molecule has 1 amide bonds. The van der Waals surface area contributed by atoms with E-state index >= 15 is 0 Å². The van der Waals surface area contributed by atoms with E-state index in [0.717, 1.165) is 28.3 Å². The van der Waals surface area contributed by atoms with Crippen molar-refractivity contribution in [3.63, 3.8) is 0 Å². The van der Waals surface area contributed by atoms with Crippen LogP contribution in [0.15, 0.2) is 48.5 Å². The second-order valence-corrected chi connectivity index (χ2v) is 7.35. The zero-order chi connectivity index (χ0) is 19.0. The Morgan fingerprint density at radius 1 is 1.26 bits per heavy atom. The van der Waals surface area contributed by atoms with Crippen molar-refractivity contribution >= 4 is 23.5 Å². The Bertz CT molecular complexity index is 1000. The van der Waals surface area contributed by atoms with E-state index in [-0.39, 0.29) is 22.7 Å². The summed E-state index contributed by atoms with van der Waals surface area (Å²) in [6, 6.07) is 14.0. The average Bonchev–Trinajstić information content (AvgIpc) is 2.87. The predicted octanol–water partition coefficient (Wildman–Crippen LogP) is 4.10. The van der Waals surface area contributed by atoms with Crippen molar-refractivity contribution < 1.29 is 13.9 Å². The minimum Gasteiger partial charge on any atom is -0.497 e. The molecule has 1 N–H and O–H groups in total. The van der Waals surface area contributed by atoms with Crippen LogP contribution in [-0.2, 0) is 4.79 Å². The number of aryl methyl sites for hydroxylation is 1. The first-order chi connectivity index (χ1) is 13.1. The van der Waals surface area contributed by atoms with Gasteiger partial charge in [0.1, 0.15) is 17.4 Å². The number of amides is 1. The second-order valence-electron chi connectivity index (χ2n) is 6.25. The number of hydrogen-bond acceptors (Lipinski definition) is 4. The van der Waals surface area contributed by atoms with Gasteiger partial charge in [-0.2, -0.15) is 5.10 Å². The summed E-state index contributed by atoms with van der Waals surface area (Å²) in [6.45, 7) is 1.91. The van der Waals surface area contributed by atoms with Gasteiger partial charge in [-0.25, -0.2) is 9.07 Å². The fraction of sp³-hybridized carbons (Fsp3) is 0.200. The summed E-state index contributed by atoms with van der Waals surface area (Å²) >= 11 is 1.47. The lowest BCUT2D eigenvalue weighted by molar-refractivity contribution is -0.113. The summed E-state index contributed by atoms with van der Waals surface area (Å²) in [4.78, 5) is 12.3. The molecule has 0 bridgehead atoms. The van der Waals surface area contributed by atoms with Gasteiger partial charge in [0, 0.05) is 5.56 Å². The summed E-state index contributed by atoms with van der Waals surface area (Å²) in [7, 11) is 1.61. The fourth-order valence-electron chi connectivity index (χ4n) is 3.23. The Morgan fingerprint density at radius 2 is 2.04 bits per heavy atom. The van der Waals surface area contributed by atoms with Gasteiger partial charge in [0.2, 0.25) is 5.91 Å². The van der Waals surface area contributed by atoms with E-state index in [2.05, 4.69) is 10.4 Å². The van der Waals surface area contributed by atoms with Crippen LogP contribution < -0.4 is 10.1 Å². The molecular weight excluding hydrogens is 365 g/mol. The first-order valence-electron chi connectivity index (χ1n) is 8.47. The van der Waals surface area contributed by atoms with Gasteiger partial charge in [0.15, 0.2) is 0 Å². The second kappa shape index (κ2) is 7.08. The summed E-state index contributed by atoms with van der Waals surface area (Å²) in [5.41, 5.74) is 3.32. The molecule has 0 radical (unpaired) electrons. The molecule has 138 valence electrons.